The Morgan fingerprint density at radius 2 is 1.76 bits per heavy atom. The summed E-state index contributed by atoms with van der Waals surface area (Å²) in [5.74, 6) is 0. The third-order valence-electron chi connectivity index (χ3n) is 3.09. The molecule has 106 valence electrons. The number of anilines is 2. The lowest BCUT2D eigenvalue weighted by Crippen LogP contribution is -2.19. The minimum atomic E-state index is -0.312. The maximum Gasteiger partial charge on any atom is 0.323 e. The molecule has 0 atom stereocenters. The van der Waals surface area contributed by atoms with Crippen LogP contribution in [0, 0.1) is 0 Å². The number of aryl methyl sites for hydroxylation is 1. The van der Waals surface area contributed by atoms with Crippen LogP contribution in [0.25, 0.3) is 11.0 Å². The molecule has 0 radical (unpaired) electrons. The summed E-state index contributed by atoms with van der Waals surface area (Å²) in [4.78, 5) is 16.2. The van der Waals surface area contributed by atoms with Crippen molar-refractivity contribution in [3.8, 4) is 0 Å². The predicted octanol–water partition coefficient (Wildman–Crippen LogP) is 3.87. The van der Waals surface area contributed by atoms with E-state index in [2.05, 4.69) is 15.6 Å². The van der Waals surface area contributed by atoms with Gasteiger partial charge in [-0.3, -0.25) is 0 Å². The van der Waals surface area contributed by atoms with Crippen LogP contribution in [0.4, 0.5) is 16.2 Å². The largest absolute Gasteiger partial charge is 0.334 e. The summed E-state index contributed by atoms with van der Waals surface area (Å²) in [6, 6.07) is 12.2. The third kappa shape index (κ3) is 2.98. The van der Waals surface area contributed by atoms with E-state index in [1.165, 1.54) is 0 Å². The van der Waals surface area contributed by atoms with Crippen LogP contribution >= 0.6 is 11.6 Å². The molecule has 21 heavy (non-hydrogen) atoms. The number of rotatable bonds is 2. The second kappa shape index (κ2) is 5.46. The van der Waals surface area contributed by atoms with E-state index < -0.39 is 0 Å². The first-order valence-electron chi connectivity index (χ1n) is 6.36. The van der Waals surface area contributed by atoms with Crippen molar-refractivity contribution in [2.45, 2.75) is 0 Å². The highest BCUT2D eigenvalue weighted by molar-refractivity contribution is 6.30. The number of nitrogens with one attached hydrogen (secondary N) is 2. The molecule has 0 saturated heterocycles. The van der Waals surface area contributed by atoms with Gasteiger partial charge in [-0.05, 0) is 42.5 Å². The molecule has 0 aliphatic carbocycles. The first-order chi connectivity index (χ1) is 10.1. The van der Waals surface area contributed by atoms with E-state index in [1.54, 1.807) is 30.6 Å². The maximum atomic E-state index is 11.9. The Kier molecular flexibility index (Phi) is 3.50. The van der Waals surface area contributed by atoms with Gasteiger partial charge >= 0.3 is 6.03 Å². The molecule has 0 aliphatic heterocycles. The average Bonchev–Trinajstić information content (AvgIpc) is 2.82. The summed E-state index contributed by atoms with van der Waals surface area (Å²) >= 11 is 5.80. The standard InChI is InChI=1S/C15H13ClN4O/c1-20-9-17-13-8-12(6-7-14(13)20)19-15(21)18-11-4-2-10(16)3-5-11/h2-9H,1H3,(H2,18,19,21). The molecular formula is C15H13ClN4O. The molecule has 1 aromatic heterocycles. The Morgan fingerprint density at radius 3 is 2.52 bits per heavy atom. The maximum absolute atomic E-state index is 11.9. The van der Waals surface area contributed by atoms with Crippen LogP contribution in [0.15, 0.2) is 48.8 Å². The number of urea groups is 1. The van der Waals surface area contributed by atoms with E-state index >= 15 is 0 Å². The summed E-state index contributed by atoms with van der Waals surface area (Å²) in [6.45, 7) is 0. The van der Waals surface area contributed by atoms with E-state index in [0.717, 1.165) is 11.0 Å². The molecule has 3 aromatic rings. The van der Waals surface area contributed by atoms with Crippen LogP contribution in [-0.2, 0) is 7.05 Å². The number of hydrogen-bond donors (Lipinski definition) is 2. The predicted molar refractivity (Wildman–Crippen MR) is 84.8 cm³/mol. The van der Waals surface area contributed by atoms with Gasteiger partial charge in [-0.15, -0.1) is 0 Å². The normalized spacial score (nSPS) is 10.6. The van der Waals surface area contributed by atoms with Crippen molar-refractivity contribution >= 4 is 40.0 Å². The molecular weight excluding hydrogens is 288 g/mol. The monoisotopic (exact) mass is 300 g/mol. The van der Waals surface area contributed by atoms with Crippen molar-refractivity contribution < 1.29 is 4.79 Å². The molecule has 0 bridgehead atoms. The Balaban J connectivity index is 1.72. The van der Waals surface area contributed by atoms with Gasteiger partial charge in [0, 0.05) is 23.4 Å². The highest BCUT2D eigenvalue weighted by Crippen LogP contribution is 2.18. The second-order valence-corrected chi connectivity index (χ2v) is 5.08. The zero-order chi connectivity index (χ0) is 14.8. The fourth-order valence-corrected chi connectivity index (χ4v) is 2.17. The molecule has 0 spiro atoms. The van der Waals surface area contributed by atoms with Crippen molar-refractivity contribution in [1.29, 1.82) is 0 Å². The zero-order valence-corrected chi connectivity index (χ0v) is 12.1. The Labute approximate surface area is 126 Å². The van der Waals surface area contributed by atoms with Crippen LogP contribution in [0.1, 0.15) is 0 Å². The molecule has 6 heteroatoms. The van der Waals surface area contributed by atoms with Gasteiger partial charge < -0.3 is 15.2 Å². The molecule has 5 nitrogen and oxygen atoms in total. The Morgan fingerprint density at radius 1 is 1.10 bits per heavy atom. The number of amides is 2. The van der Waals surface area contributed by atoms with Crippen molar-refractivity contribution in [1.82, 2.24) is 9.55 Å². The third-order valence-corrected chi connectivity index (χ3v) is 3.34. The fraction of sp³-hybridized carbons (Fsp3) is 0.0667. The van der Waals surface area contributed by atoms with E-state index in [1.807, 2.05) is 29.8 Å². The first-order valence-corrected chi connectivity index (χ1v) is 6.74. The lowest BCUT2D eigenvalue weighted by Gasteiger charge is -2.08. The van der Waals surface area contributed by atoms with Gasteiger partial charge in [-0.25, -0.2) is 9.78 Å². The number of fused-ring (bicyclic) bond motifs is 1. The van der Waals surface area contributed by atoms with E-state index in [-0.39, 0.29) is 6.03 Å². The van der Waals surface area contributed by atoms with Gasteiger partial charge in [0.1, 0.15) is 0 Å². The summed E-state index contributed by atoms with van der Waals surface area (Å²) in [7, 11) is 1.93. The van der Waals surface area contributed by atoms with Gasteiger partial charge in [-0.1, -0.05) is 11.6 Å². The molecule has 1 heterocycles. The van der Waals surface area contributed by atoms with E-state index in [9.17, 15) is 4.79 Å². The van der Waals surface area contributed by atoms with Crippen molar-refractivity contribution in [2.75, 3.05) is 10.6 Å². The highest BCUT2D eigenvalue weighted by Gasteiger charge is 2.05. The molecule has 0 unspecified atom stereocenters. The average molecular weight is 301 g/mol. The van der Waals surface area contributed by atoms with Gasteiger partial charge in [0.25, 0.3) is 0 Å². The fourth-order valence-electron chi connectivity index (χ4n) is 2.04. The van der Waals surface area contributed by atoms with Crippen molar-refractivity contribution in [2.24, 2.45) is 7.05 Å². The summed E-state index contributed by atoms with van der Waals surface area (Å²) in [5.41, 5.74) is 3.21. The van der Waals surface area contributed by atoms with Crippen LogP contribution in [-0.4, -0.2) is 15.6 Å². The number of carbonyl (C=O) groups excluding carboxylic acids is 1. The molecule has 2 N–H and O–H groups in total. The number of carbonyl (C=O) groups is 1. The molecule has 2 aromatic carbocycles. The summed E-state index contributed by atoms with van der Waals surface area (Å²) in [6.07, 6.45) is 1.74. The SMILES string of the molecule is Cn1cnc2cc(NC(=O)Nc3ccc(Cl)cc3)ccc21. The molecule has 2 amide bonds. The number of halogens is 1. The van der Waals surface area contributed by atoms with Crippen LogP contribution in [0.5, 0.6) is 0 Å². The Bertz CT molecular complexity index is 795. The van der Waals surface area contributed by atoms with Gasteiger partial charge in [0.05, 0.1) is 17.4 Å². The lowest BCUT2D eigenvalue weighted by molar-refractivity contribution is 0.262. The Hall–Kier alpha value is -2.53. The van der Waals surface area contributed by atoms with Crippen molar-refractivity contribution in [3.05, 3.63) is 53.8 Å². The van der Waals surface area contributed by atoms with Gasteiger partial charge in [0.15, 0.2) is 0 Å². The number of imidazole rings is 1. The number of benzene rings is 2. The van der Waals surface area contributed by atoms with Gasteiger partial charge in [0.2, 0.25) is 0 Å². The van der Waals surface area contributed by atoms with Crippen LogP contribution in [0.2, 0.25) is 5.02 Å². The molecule has 0 fully saturated rings. The summed E-state index contributed by atoms with van der Waals surface area (Å²) in [5, 5.41) is 6.14. The number of nitrogens with zero attached hydrogens (tertiary/aromatic N) is 2. The lowest BCUT2D eigenvalue weighted by atomic mass is 10.2. The number of aromatic nitrogens is 2. The minimum Gasteiger partial charge on any atom is -0.334 e. The topological polar surface area (TPSA) is 59.0 Å². The molecule has 0 aliphatic rings. The minimum absolute atomic E-state index is 0.312. The number of hydrogen-bond acceptors (Lipinski definition) is 2. The van der Waals surface area contributed by atoms with Crippen LogP contribution in [0.3, 0.4) is 0 Å². The van der Waals surface area contributed by atoms with E-state index in [4.69, 9.17) is 11.6 Å². The second-order valence-electron chi connectivity index (χ2n) is 4.64. The quantitative estimate of drug-likeness (QED) is 0.755. The van der Waals surface area contributed by atoms with E-state index in [0.29, 0.717) is 16.4 Å². The summed E-state index contributed by atoms with van der Waals surface area (Å²) < 4.78 is 1.92. The zero-order valence-electron chi connectivity index (χ0n) is 11.3. The smallest absolute Gasteiger partial charge is 0.323 e. The van der Waals surface area contributed by atoms with Gasteiger partial charge in [-0.2, -0.15) is 0 Å². The molecule has 3 rings (SSSR count). The first kappa shape index (κ1) is 13.5. The van der Waals surface area contributed by atoms with Crippen molar-refractivity contribution in [3.63, 3.8) is 0 Å². The highest BCUT2D eigenvalue weighted by atomic mass is 35.5. The molecule has 0 saturated carbocycles. The van der Waals surface area contributed by atoms with Crippen LogP contribution < -0.4 is 10.6 Å².